The molecule has 13 heavy (non-hydrogen) atoms. The summed E-state index contributed by atoms with van der Waals surface area (Å²) in [6.07, 6.45) is 1.02. The van der Waals surface area contributed by atoms with E-state index < -0.39 is 5.82 Å². The first-order chi connectivity index (χ1) is 6.13. The highest BCUT2D eigenvalue weighted by atomic mass is 35.5. The number of nitrogens with zero attached hydrogens (tertiary/aromatic N) is 2. The van der Waals surface area contributed by atoms with Crippen LogP contribution in [0.3, 0.4) is 0 Å². The molecule has 0 aliphatic carbocycles. The maximum atomic E-state index is 13.0. The van der Waals surface area contributed by atoms with Crippen LogP contribution in [0.25, 0.3) is 0 Å². The summed E-state index contributed by atoms with van der Waals surface area (Å²) in [5, 5.41) is 8.80. The molecular weight excluding hydrogens is 215 g/mol. The van der Waals surface area contributed by atoms with Crippen LogP contribution in [-0.4, -0.2) is 26.9 Å². The van der Waals surface area contributed by atoms with Crippen molar-refractivity contribution in [1.82, 2.24) is 9.97 Å². The van der Waals surface area contributed by atoms with Gasteiger partial charge in [0.05, 0.1) is 12.8 Å². The van der Waals surface area contributed by atoms with Gasteiger partial charge in [0.25, 0.3) is 0 Å². The number of thioether (sulfide) groups is 1. The topological polar surface area (TPSA) is 46.0 Å². The summed E-state index contributed by atoms with van der Waals surface area (Å²) in [5.41, 5.74) is 0. The van der Waals surface area contributed by atoms with Crippen molar-refractivity contribution in [1.29, 1.82) is 0 Å². The van der Waals surface area contributed by atoms with E-state index in [0.29, 0.717) is 0 Å². The maximum Gasteiger partial charge on any atom is 0.223 e. The molecule has 72 valence electrons. The Morgan fingerprint density at radius 3 is 3.08 bits per heavy atom. The van der Waals surface area contributed by atoms with Gasteiger partial charge in [0.15, 0.2) is 5.82 Å². The van der Waals surface area contributed by atoms with E-state index in [1.165, 1.54) is 0 Å². The molecule has 0 saturated carbocycles. The average Bonchev–Trinajstić information content (AvgIpc) is 2.11. The molecule has 0 spiro atoms. The Morgan fingerprint density at radius 1 is 1.77 bits per heavy atom. The molecule has 0 aliphatic heterocycles. The number of hydrogen-bond acceptors (Lipinski definition) is 4. The van der Waals surface area contributed by atoms with Gasteiger partial charge in [-0.25, -0.2) is 14.4 Å². The Bertz CT molecular complexity index is 300. The van der Waals surface area contributed by atoms with Crippen LogP contribution in [0.2, 0.25) is 5.28 Å². The van der Waals surface area contributed by atoms with Crippen LogP contribution < -0.4 is 0 Å². The molecule has 1 atom stereocenters. The average molecular weight is 223 g/mol. The molecule has 0 aromatic carbocycles. The summed E-state index contributed by atoms with van der Waals surface area (Å²) in [6, 6.07) is 0. The van der Waals surface area contributed by atoms with Gasteiger partial charge in [0.2, 0.25) is 5.28 Å². The highest BCUT2D eigenvalue weighted by molar-refractivity contribution is 7.99. The van der Waals surface area contributed by atoms with Gasteiger partial charge in [-0.15, -0.1) is 0 Å². The summed E-state index contributed by atoms with van der Waals surface area (Å²) in [6.45, 7) is 1.73. The third kappa shape index (κ3) is 3.10. The zero-order chi connectivity index (χ0) is 9.84. The van der Waals surface area contributed by atoms with Crippen molar-refractivity contribution in [3.05, 3.63) is 17.3 Å². The molecule has 0 aliphatic rings. The van der Waals surface area contributed by atoms with E-state index in [1.807, 2.05) is 0 Å². The number of aliphatic hydroxyl groups is 1. The van der Waals surface area contributed by atoms with Crippen LogP contribution in [-0.2, 0) is 0 Å². The van der Waals surface area contributed by atoms with Gasteiger partial charge >= 0.3 is 0 Å². The van der Waals surface area contributed by atoms with Gasteiger partial charge in [0, 0.05) is 5.25 Å². The first-order valence-electron chi connectivity index (χ1n) is 3.59. The van der Waals surface area contributed by atoms with Crippen LogP contribution in [0.4, 0.5) is 4.39 Å². The first-order valence-corrected chi connectivity index (χ1v) is 4.84. The Hall–Kier alpha value is -0.390. The van der Waals surface area contributed by atoms with E-state index in [9.17, 15) is 4.39 Å². The summed E-state index contributed by atoms with van der Waals surface area (Å²) in [4.78, 5) is 7.17. The second kappa shape index (κ2) is 4.74. The molecule has 6 heteroatoms. The van der Waals surface area contributed by atoms with Crippen LogP contribution in [0.15, 0.2) is 11.2 Å². The van der Waals surface area contributed by atoms with Crippen molar-refractivity contribution in [3.8, 4) is 0 Å². The lowest BCUT2D eigenvalue weighted by Gasteiger charge is -2.06. The molecule has 3 nitrogen and oxygen atoms in total. The second-order valence-electron chi connectivity index (χ2n) is 2.40. The van der Waals surface area contributed by atoms with E-state index in [-0.39, 0.29) is 22.2 Å². The molecule has 0 fully saturated rings. The van der Waals surface area contributed by atoms with Gasteiger partial charge in [-0.1, -0.05) is 18.7 Å². The minimum atomic E-state index is -0.519. The first kappa shape index (κ1) is 10.7. The zero-order valence-corrected chi connectivity index (χ0v) is 8.44. The standard InChI is InChI=1S/C7H8ClFN2OS/c1-4(3-12)13-6-5(9)2-10-7(8)11-6/h2,4,12H,3H2,1H3. The summed E-state index contributed by atoms with van der Waals surface area (Å²) >= 11 is 6.60. The lowest BCUT2D eigenvalue weighted by Crippen LogP contribution is -2.03. The van der Waals surface area contributed by atoms with Gasteiger partial charge in [-0.05, 0) is 11.6 Å². The molecule has 1 rings (SSSR count). The van der Waals surface area contributed by atoms with Crippen molar-refractivity contribution in [2.45, 2.75) is 17.2 Å². The van der Waals surface area contributed by atoms with Gasteiger partial charge in [-0.2, -0.15) is 0 Å². The maximum absolute atomic E-state index is 13.0. The van der Waals surface area contributed by atoms with Crippen molar-refractivity contribution in [3.63, 3.8) is 0 Å². The fraction of sp³-hybridized carbons (Fsp3) is 0.429. The molecule has 0 bridgehead atoms. The van der Waals surface area contributed by atoms with Crippen LogP contribution in [0, 0.1) is 5.82 Å². The summed E-state index contributed by atoms with van der Waals surface area (Å²) in [7, 11) is 0. The smallest absolute Gasteiger partial charge is 0.223 e. The highest BCUT2D eigenvalue weighted by Gasteiger charge is 2.10. The van der Waals surface area contributed by atoms with E-state index in [0.717, 1.165) is 18.0 Å². The Kier molecular flexibility index (Phi) is 3.90. The van der Waals surface area contributed by atoms with Crippen LogP contribution in [0.5, 0.6) is 0 Å². The summed E-state index contributed by atoms with van der Waals surface area (Å²) < 4.78 is 13.0. The Balaban J connectivity index is 2.81. The SMILES string of the molecule is CC(CO)Sc1nc(Cl)ncc1F. The third-order valence-electron chi connectivity index (χ3n) is 1.25. The molecule has 1 N–H and O–H groups in total. The highest BCUT2D eigenvalue weighted by Crippen LogP contribution is 2.23. The predicted molar refractivity (Wildman–Crippen MR) is 49.4 cm³/mol. The lowest BCUT2D eigenvalue weighted by atomic mass is 10.5. The molecule has 1 aromatic rings. The third-order valence-corrected chi connectivity index (χ3v) is 2.50. The number of aromatic nitrogens is 2. The number of rotatable bonds is 3. The molecule has 0 radical (unpaired) electrons. The van der Waals surface area contributed by atoms with E-state index >= 15 is 0 Å². The molecule has 0 saturated heterocycles. The molecule has 1 unspecified atom stereocenters. The van der Waals surface area contributed by atoms with E-state index in [1.54, 1.807) is 6.92 Å². The largest absolute Gasteiger partial charge is 0.395 e. The van der Waals surface area contributed by atoms with Gasteiger partial charge in [0.1, 0.15) is 5.03 Å². The van der Waals surface area contributed by atoms with Gasteiger partial charge in [-0.3, -0.25) is 0 Å². The Morgan fingerprint density at radius 2 is 2.46 bits per heavy atom. The molecule has 1 aromatic heterocycles. The minimum Gasteiger partial charge on any atom is -0.395 e. The van der Waals surface area contributed by atoms with Crippen molar-refractivity contribution in [2.75, 3.05) is 6.61 Å². The normalized spacial score (nSPS) is 12.9. The predicted octanol–water partition coefficient (Wildman–Crippen LogP) is 1.74. The van der Waals surface area contributed by atoms with E-state index in [4.69, 9.17) is 16.7 Å². The quantitative estimate of drug-likeness (QED) is 0.481. The van der Waals surface area contributed by atoms with Crippen molar-refractivity contribution < 1.29 is 9.50 Å². The number of hydrogen-bond donors (Lipinski definition) is 1. The van der Waals surface area contributed by atoms with Crippen LogP contribution in [0.1, 0.15) is 6.92 Å². The fourth-order valence-corrected chi connectivity index (χ4v) is 1.59. The zero-order valence-electron chi connectivity index (χ0n) is 6.87. The second-order valence-corrected chi connectivity index (χ2v) is 4.17. The van der Waals surface area contributed by atoms with Gasteiger partial charge < -0.3 is 5.11 Å². The Labute approximate surface area is 84.4 Å². The molecule has 0 amide bonds. The number of halogens is 2. The van der Waals surface area contributed by atoms with Crippen molar-refractivity contribution in [2.24, 2.45) is 0 Å². The molecular formula is C7H8ClFN2OS. The number of aliphatic hydroxyl groups excluding tert-OH is 1. The lowest BCUT2D eigenvalue weighted by molar-refractivity contribution is 0.300. The van der Waals surface area contributed by atoms with E-state index in [2.05, 4.69) is 9.97 Å². The van der Waals surface area contributed by atoms with Crippen molar-refractivity contribution >= 4 is 23.4 Å². The fourth-order valence-electron chi connectivity index (χ4n) is 0.642. The van der Waals surface area contributed by atoms with Crippen LogP contribution >= 0.6 is 23.4 Å². The minimum absolute atomic E-state index is 0.00837. The molecule has 1 heterocycles. The summed E-state index contributed by atoms with van der Waals surface area (Å²) in [5.74, 6) is -0.519. The monoisotopic (exact) mass is 222 g/mol.